The highest BCUT2D eigenvalue weighted by Gasteiger charge is 2.23. The zero-order valence-corrected chi connectivity index (χ0v) is 32.9. The highest BCUT2D eigenvalue weighted by molar-refractivity contribution is 6.38. The molecular formula is C57H34N4. The van der Waals surface area contributed by atoms with E-state index in [0.717, 1.165) is 38.6 Å². The summed E-state index contributed by atoms with van der Waals surface area (Å²) in [5.41, 5.74) is 8.84. The summed E-state index contributed by atoms with van der Waals surface area (Å²) in [5, 5.41) is 14.8. The molecule has 13 aromatic rings. The number of nitrogens with zero attached hydrogens (tertiary/aromatic N) is 4. The topological polar surface area (TPSA) is 43.6 Å². The first-order chi connectivity index (χ1) is 30.2. The lowest BCUT2D eigenvalue weighted by atomic mass is 9.89. The van der Waals surface area contributed by atoms with E-state index in [0.29, 0.717) is 17.5 Å². The number of hydrogen-bond acceptors (Lipinski definition) is 3. The summed E-state index contributed by atoms with van der Waals surface area (Å²) >= 11 is 0. The standard InChI is InChI=1S/C57H34N4/c1-3-15-36(16-4-1)55-58-56(37-17-5-2-6-18-37)60-57(59-55)48-31-30-42(44-22-11-12-23-45(44)48)40-27-29-46-47-24-13-25-51-52(47)53-50(49(46)33-40)34-39-20-9-10-21-43(39)54(53)61(51)41-28-26-35-14-7-8-19-38(35)32-41/h1-34H. The molecule has 0 aliphatic heterocycles. The third-order valence-corrected chi connectivity index (χ3v) is 12.5. The van der Waals surface area contributed by atoms with Crippen molar-refractivity contribution < 1.29 is 0 Å². The van der Waals surface area contributed by atoms with Crippen LogP contribution >= 0.6 is 0 Å². The van der Waals surface area contributed by atoms with Crippen molar-refractivity contribution in [2.45, 2.75) is 0 Å². The Labute approximate surface area is 351 Å². The van der Waals surface area contributed by atoms with Crippen LogP contribution in [0.3, 0.4) is 0 Å². The maximum absolute atomic E-state index is 5.11. The smallest absolute Gasteiger partial charge is 0.164 e. The van der Waals surface area contributed by atoms with Crippen LogP contribution < -0.4 is 0 Å². The molecule has 0 N–H and O–H groups in total. The van der Waals surface area contributed by atoms with Gasteiger partial charge in [-0.2, -0.15) is 0 Å². The van der Waals surface area contributed by atoms with Gasteiger partial charge in [-0.1, -0.05) is 170 Å². The average molecular weight is 775 g/mol. The molecule has 0 fully saturated rings. The van der Waals surface area contributed by atoms with Crippen LogP contribution in [-0.4, -0.2) is 19.5 Å². The number of aromatic nitrogens is 4. The minimum absolute atomic E-state index is 0.649. The van der Waals surface area contributed by atoms with Crippen LogP contribution in [0.15, 0.2) is 206 Å². The molecule has 0 amide bonds. The van der Waals surface area contributed by atoms with E-state index in [-0.39, 0.29) is 0 Å². The van der Waals surface area contributed by atoms with Crippen molar-refractivity contribution in [1.29, 1.82) is 0 Å². The van der Waals surface area contributed by atoms with Crippen molar-refractivity contribution in [2.24, 2.45) is 0 Å². The van der Waals surface area contributed by atoms with Gasteiger partial charge in [0.1, 0.15) is 0 Å². The molecule has 2 heterocycles. The maximum Gasteiger partial charge on any atom is 0.164 e. The van der Waals surface area contributed by atoms with Crippen LogP contribution in [0.25, 0.3) is 127 Å². The Morgan fingerprint density at radius 1 is 0.295 bits per heavy atom. The van der Waals surface area contributed by atoms with E-state index in [1.807, 2.05) is 36.4 Å². The Hall–Kier alpha value is -8.21. The maximum atomic E-state index is 5.11. The van der Waals surface area contributed by atoms with Crippen molar-refractivity contribution >= 4 is 75.7 Å². The zero-order chi connectivity index (χ0) is 40.0. The van der Waals surface area contributed by atoms with Crippen molar-refractivity contribution in [3.05, 3.63) is 206 Å². The first kappa shape index (κ1) is 33.7. The van der Waals surface area contributed by atoms with Gasteiger partial charge < -0.3 is 4.57 Å². The highest BCUT2D eigenvalue weighted by Crippen LogP contribution is 2.48. The number of rotatable bonds is 5. The van der Waals surface area contributed by atoms with Crippen molar-refractivity contribution in [1.82, 2.24) is 19.5 Å². The molecule has 0 unspecified atom stereocenters. The van der Waals surface area contributed by atoms with Crippen LogP contribution in [0.2, 0.25) is 0 Å². The first-order valence-electron chi connectivity index (χ1n) is 20.8. The Kier molecular flexibility index (Phi) is 7.27. The van der Waals surface area contributed by atoms with E-state index < -0.39 is 0 Å². The van der Waals surface area contributed by atoms with Gasteiger partial charge in [0, 0.05) is 38.5 Å². The predicted octanol–water partition coefficient (Wildman–Crippen LogP) is 14.8. The lowest BCUT2D eigenvalue weighted by Crippen LogP contribution is -2.00. The van der Waals surface area contributed by atoms with Crippen LogP contribution in [0.4, 0.5) is 0 Å². The lowest BCUT2D eigenvalue weighted by molar-refractivity contribution is 1.08. The molecule has 0 atom stereocenters. The van der Waals surface area contributed by atoms with Crippen LogP contribution in [0.1, 0.15) is 0 Å². The minimum Gasteiger partial charge on any atom is -0.309 e. The first-order valence-corrected chi connectivity index (χ1v) is 20.8. The molecule has 13 rings (SSSR count). The quantitative estimate of drug-likeness (QED) is 0.129. The molecule has 4 heteroatoms. The third-order valence-electron chi connectivity index (χ3n) is 12.5. The van der Waals surface area contributed by atoms with Gasteiger partial charge in [-0.3, -0.25) is 0 Å². The Morgan fingerprint density at radius 3 is 1.66 bits per heavy atom. The average Bonchev–Trinajstić information content (AvgIpc) is 3.69. The van der Waals surface area contributed by atoms with Gasteiger partial charge in [0.25, 0.3) is 0 Å². The predicted molar refractivity (Wildman–Crippen MR) is 255 cm³/mol. The van der Waals surface area contributed by atoms with Gasteiger partial charge in [-0.15, -0.1) is 0 Å². The number of hydrogen-bond donors (Lipinski definition) is 0. The van der Waals surface area contributed by atoms with Gasteiger partial charge in [0.15, 0.2) is 17.5 Å². The molecule has 0 bridgehead atoms. The SMILES string of the molecule is c1ccc(-c2nc(-c3ccccc3)nc(-c3ccc(-c4ccc5c(c4)c4cc6ccccc6c6c4c4c5cccc4n6-c4ccc5ccccc5c4)c4ccccc34)n2)cc1. The highest BCUT2D eigenvalue weighted by atomic mass is 15.0. The van der Waals surface area contributed by atoms with Crippen LogP contribution in [-0.2, 0) is 0 Å². The third kappa shape index (κ3) is 5.16. The van der Waals surface area contributed by atoms with Crippen LogP contribution in [0, 0.1) is 0 Å². The molecule has 61 heavy (non-hydrogen) atoms. The summed E-state index contributed by atoms with van der Waals surface area (Å²) in [5.74, 6) is 1.95. The van der Waals surface area contributed by atoms with Gasteiger partial charge >= 0.3 is 0 Å². The van der Waals surface area contributed by atoms with E-state index in [4.69, 9.17) is 15.0 Å². The van der Waals surface area contributed by atoms with E-state index in [2.05, 4.69) is 174 Å². The van der Waals surface area contributed by atoms with Crippen molar-refractivity contribution in [2.75, 3.05) is 0 Å². The van der Waals surface area contributed by atoms with Gasteiger partial charge in [-0.25, -0.2) is 15.0 Å². The van der Waals surface area contributed by atoms with Crippen molar-refractivity contribution in [3.8, 4) is 51.0 Å². The van der Waals surface area contributed by atoms with Crippen LogP contribution in [0.5, 0.6) is 0 Å². The second-order valence-electron chi connectivity index (χ2n) is 15.9. The second kappa shape index (κ2) is 13.2. The number of benzene rings is 11. The van der Waals surface area contributed by atoms with Gasteiger partial charge in [-0.05, 0) is 96.0 Å². The molecule has 0 saturated heterocycles. The molecule has 0 spiro atoms. The van der Waals surface area contributed by atoms with E-state index >= 15 is 0 Å². The summed E-state index contributed by atoms with van der Waals surface area (Å²) in [7, 11) is 0. The second-order valence-corrected chi connectivity index (χ2v) is 15.9. The summed E-state index contributed by atoms with van der Waals surface area (Å²) in [6.45, 7) is 0. The fourth-order valence-electron chi connectivity index (χ4n) is 9.79. The zero-order valence-electron chi connectivity index (χ0n) is 32.9. The molecule has 4 nitrogen and oxygen atoms in total. The van der Waals surface area contributed by atoms with Gasteiger partial charge in [0.05, 0.1) is 11.0 Å². The summed E-state index contributed by atoms with van der Waals surface area (Å²) < 4.78 is 2.50. The number of fused-ring (bicyclic) bond motifs is 7. The monoisotopic (exact) mass is 774 g/mol. The van der Waals surface area contributed by atoms with E-state index in [1.165, 1.54) is 70.6 Å². The molecule has 0 saturated carbocycles. The molecule has 0 aliphatic carbocycles. The van der Waals surface area contributed by atoms with E-state index in [1.54, 1.807) is 0 Å². The Morgan fingerprint density at radius 2 is 0.902 bits per heavy atom. The van der Waals surface area contributed by atoms with E-state index in [9.17, 15) is 0 Å². The van der Waals surface area contributed by atoms with Crippen molar-refractivity contribution in [3.63, 3.8) is 0 Å². The van der Waals surface area contributed by atoms with Gasteiger partial charge in [0.2, 0.25) is 0 Å². The summed E-state index contributed by atoms with van der Waals surface area (Å²) in [6.07, 6.45) is 0. The summed E-state index contributed by atoms with van der Waals surface area (Å²) in [6, 6.07) is 74.0. The normalized spacial score (nSPS) is 11.9. The molecule has 282 valence electrons. The molecule has 0 aliphatic rings. The molecule has 0 radical (unpaired) electrons. The minimum atomic E-state index is 0.649. The largest absolute Gasteiger partial charge is 0.309 e. The lowest BCUT2D eigenvalue weighted by Gasteiger charge is -2.15. The Bertz CT molecular complexity index is 3810. The summed E-state index contributed by atoms with van der Waals surface area (Å²) in [4.78, 5) is 15.2. The fraction of sp³-hybridized carbons (Fsp3) is 0. The Balaban J connectivity index is 1.05. The molecular weight excluding hydrogens is 741 g/mol. The molecule has 2 aromatic heterocycles. The molecule has 11 aromatic carbocycles. The fourth-order valence-corrected chi connectivity index (χ4v) is 9.79.